The standard InChI is InChI=1S/C19H20N4O2/c1-23-11-14(10-21-23)15-4-3-5-16(22-15)19(25-2)8-13(9-20)17(24)18(12-19)6-7-18/h3-5,10-11,13H,6-8,12H2,1-2H3. The molecule has 0 aromatic carbocycles. The van der Waals surface area contributed by atoms with Crippen LogP contribution in [0.2, 0.25) is 0 Å². The van der Waals surface area contributed by atoms with E-state index in [4.69, 9.17) is 9.72 Å². The summed E-state index contributed by atoms with van der Waals surface area (Å²) in [4.78, 5) is 17.4. The van der Waals surface area contributed by atoms with Crippen LogP contribution in [-0.2, 0) is 22.2 Å². The van der Waals surface area contributed by atoms with E-state index in [0.717, 1.165) is 29.8 Å². The highest BCUT2D eigenvalue weighted by Crippen LogP contribution is 2.60. The van der Waals surface area contributed by atoms with E-state index in [1.165, 1.54) is 0 Å². The Kier molecular flexibility index (Phi) is 3.51. The number of pyridine rings is 1. The van der Waals surface area contributed by atoms with E-state index in [-0.39, 0.29) is 11.2 Å². The summed E-state index contributed by atoms with van der Waals surface area (Å²) in [6, 6.07) is 8.01. The van der Waals surface area contributed by atoms with E-state index >= 15 is 0 Å². The molecule has 0 amide bonds. The Morgan fingerprint density at radius 1 is 1.40 bits per heavy atom. The van der Waals surface area contributed by atoms with Crippen molar-refractivity contribution in [3.05, 3.63) is 36.3 Å². The van der Waals surface area contributed by atoms with Gasteiger partial charge in [-0.05, 0) is 31.4 Å². The average Bonchev–Trinajstić information content (AvgIpc) is 3.27. The SMILES string of the molecule is COC1(c2cccc(-c3cnn(C)c3)n2)CC(C#N)C(=O)C2(CC2)C1. The molecule has 128 valence electrons. The number of ether oxygens (including phenoxy) is 1. The lowest BCUT2D eigenvalue weighted by atomic mass is 9.68. The maximum absolute atomic E-state index is 12.6. The normalized spacial score (nSPS) is 27.2. The highest BCUT2D eigenvalue weighted by molar-refractivity contribution is 5.92. The number of hydrogen-bond acceptors (Lipinski definition) is 5. The summed E-state index contributed by atoms with van der Waals surface area (Å²) in [5.41, 5.74) is 1.46. The van der Waals surface area contributed by atoms with Gasteiger partial charge in [-0.15, -0.1) is 0 Å². The lowest BCUT2D eigenvalue weighted by Gasteiger charge is -2.41. The number of ketones is 1. The third kappa shape index (κ3) is 2.47. The molecule has 2 aliphatic rings. The van der Waals surface area contributed by atoms with Gasteiger partial charge in [-0.1, -0.05) is 6.07 Å². The van der Waals surface area contributed by atoms with Crippen LogP contribution in [0.3, 0.4) is 0 Å². The maximum atomic E-state index is 12.6. The van der Waals surface area contributed by atoms with Gasteiger partial charge < -0.3 is 4.74 Å². The minimum Gasteiger partial charge on any atom is -0.372 e. The van der Waals surface area contributed by atoms with E-state index < -0.39 is 11.5 Å². The minimum absolute atomic E-state index is 0.0890. The number of aryl methyl sites for hydroxylation is 1. The molecular formula is C19H20N4O2. The number of carbonyl (C=O) groups is 1. The van der Waals surface area contributed by atoms with Crippen molar-refractivity contribution in [3.8, 4) is 17.3 Å². The van der Waals surface area contributed by atoms with Gasteiger partial charge in [0.1, 0.15) is 11.5 Å². The van der Waals surface area contributed by atoms with Crippen molar-refractivity contribution in [1.82, 2.24) is 14.8 Å². The van der Waals surface area contributed by atoms with Crippen LogP contribution in [-0.4, -0.2) is 27.7 Å². The van der Waals surface area contributed by atoms with Crippen LogP contribution in [0.4, 0.5) is 0 Å². The van der Waals surface area contributed by atoms with E-state index in [1.54, 1.807) is 18.0 Å². The van der Waals surface area contributed by atoms with Crippen molar-refractivity contribution in [3.63, 3.8) is 0 Å². The highest BCUT2D eigenvalue weighted by Gasteiger charge is 2.61. The van der Waals surface area contributed by atoms with Gasteiger partial charge in [-0.25, -0.2) is 4.98 Å². The fraction of sp³-hybridized carbons (Fsp3) is 0.474. The first-order chi connectivity index (χ1) is 12.0. The number of nitriles is 1. The lowest BCUT2D eigenvalue weighted by molar-refractivity contribution is -0.142. The minimum atomic E-state index is -0.691. The zero-order valence-electron chi connectivity index (χ0n) is 14.4. The first kappa shape index (κ1) is 16.0. The zero-order chi connectivity index (χ0) is 17.7. The summed E-state index contributed by atoms with van der Waals surface area (Å²) in [6.45, 7) is 0. The molecule has 4 rings (SSSR count). The van der Waals surface area contributed by atoms with Crippen molar-refractivity contribution in [1.29, 1.82) is 5.26 Å². The summed E-state index contributed by atoms with van der Waals surface area (Å²) >= 11 is 0. The van der Waals surface area contributed by atoms with Crippen molar-refractivity contribution in [2.75, 3.05) is 7.11 Å². The van der Waals surface area contributed by atoms with Gasteiger partial charge in [0, 0.05) is 37.8 Å². The second-order valence-electron chi connectivity index (χ2n) is 7.22. The Hall–Kier alpha value is -2.52. The number of methoxy groups -OCH3 is 1. The van der Waals surface area contributed by atoms with Crippen LogP contribution in [0.5, 0.6) is 0 Å². The summed E-state index contributed by atoms with van der Waals surface area (Å²) < 4.78 is 7.67. The summed E-state index contributed by atoms with van der Waals surface area (Å²) in [7, 11) is 3.52. The summed E-state index contributed by atoms with van der Waals surface area (Å²) in [5.74, 6) is -0.536. The van der Waals surface area contributed by atoms with Crippen molar-refractivity contribution in [2.45, 2.75) is 31.3 Å². The molecule has 6 nitrogen and oxygen atoms in total. The Labute approximate surface area is 146 Å². The van der Waals surface area contributed by atoms with Gasteiger partial charge in [0.15, 0.2) is 5.78 Å². The molecule has 2 heterocycles. The second kappa shape index (κ2) is 5.50. The molecule has 0 saturated heterocycles. The molecule has 2 unspecified atom stereocenters. The van der Waals surface area contributed by atoms with Crippen LogP contribution in [0.25, 0.3) is 11.3 Å². The van der Waals surface area contributed by atoms with Gasteiger partial charge in [0.05, 0.1) is 23.7 Å². The molecule has 2 atom stereocenters. The molecule has 25 heavy (non-hydrogen) atoms. The van der Waals surface area contributed by atoms with Gasteiger partial charge in [-0.3, -0.25) is 9.48 Å². The number of aromatic nitrogens is 3. The summed E-state index contributed by atoms with van der Waals surface area (Å²) in [6.07, 6.45) is 6.35. The third-order valence-corrected chi connectivity index (χ3v) is 5.61. The molecule has 2 aliphatic carbocycles. The van der Waals surface area contributed by atoms with Gasteiger partial charge in [0.2, 0.25) is 0 Å². The molecule has 2 fully saturated rings. The van der Waals surface area contributed by atoms with Gasteiger partial charge in [-0.2, -0.15) is 10.4 Å². The van der Waals surface area contributed by atoms with E-state index in [2.05, 4.69) is 11.2 Å². The average molecular weight is 336 g/mol. The largest absolute Gasteiger partial charge is 0.372 e. The Morgan fingerprint density at radius 2 is 2.20 bits per heavy atom. The van der Waals surface area contributed by atoms with Gasteiger partial charge in [0.25, 0.3) is 0 Å². The number of Topliss-reactive ketones (excluding diaryl/α,β-unsaturated/α-hetero) is 1. The molecular weight excluding hydrogens is 316 g/mol. The van der Waals surface area contributed by atoms with Crippen molar-refractivity contribution < 1.29 is 9.53 Å². The van der Waals surface area contributed by atoms with Crippen LogP contribution < -0.4 is 0 Å². The number of carbonyl (C=O) groups excluding carboxylic acids is 1. The quantitative estimate of drug-likeness (QED) is 0.860. The maximum Gasteiger partial charge on any atom is 0.156 e. The fourth-order valence-corrected chi connectivity index (χ4v) is 4.03. The second-order valence-corrected chi connectivity index (χ2v) is 7.22. The Morgan fingerprint density at radius 3 is 2.80 bits per heavy atom. The number of nitrogens with zero attached hydrogens (tertiary/aromatic N) is 4. The Bertz CT molecular complexity index is 878. The van der Waals surface area contributed by atoms with Crippen molar-refractivity contribution >= 4 is 5.78 Å². The van der Waals surface area contributed by atoms with Crippen LogP contribution in [0, 0.1) is 22.7 Å². The molecule has 6 heteroatoms. The molecule has 2 aromatic rings. The smallest absolute Gasteiger partial charge is 0.156 e. The first-order valence-corrected chi connectivity index (χ1v) is 8.48. The molecule has 1 spiro atoms. The van der Waals surface area contributed by atoms with E-state index in [1.807, 2.05) is 31.4 Å². The van der Waals surface area contributed by atoms with Crippen LogP contribution in [0.15, 0.2) is 30.6 Å². The predicted octanol–water partition coefficient (Wildman–Crippen LogP) is 2.61. The topological polar surface area (TPSA) is 80.8 Å². The van der Waals surface area contributed by atoms with Crippen LogP contribution in [0.1, 0.15) is 31.4 Å². The highest BCUT2D eigenvalue weighted by atomic mass is 16.5. The zero-order valence-corrected chi connectivity index (χ0v) is 14.4. The first-order valence-electron chi connectivity index (χ1n) is 8.48. The number of hydrogen-bond donors (Lipinski definition) is 0. The van der Waals surface area contributed by atoms with Gasteiger partial charge >= 0.3 is 0 Å². The van der Waals surface area contributed by atoms with E-state index in [0.29, 0.717) is 12.8 Å². The monoisotopic (exact) mass is 336 g/mol. The Balaban J connectivity index is 1.76. The molecule has 2 aromatic heterocycles. The lowest BCUT2D eigenvalue weighted by Crippen LogP contribution is -2.45. The summed E-state index contributed by atoms with van der Waals surface area (Å²) in [5, 5.41) is 13.7. The third-order valence-electron chi connectivity index (χ3n) is 5.61. The predicted molar refractivity (Wildman–Crippen MR) is 90.1 cm³/mol. The molecule has 0 bridgehead atoms. The van der Waals surface area contributed by atoms with E-state index in [9.17, 15) is 10.1 Å². The molecule has 0 aliphatic heterocycles. The van der Waals surface area contributed by atoms with Crippen molar-refractivity contribution in [2.24, 2.45) is 18.4 Å². The molecule has 0 N–H and O–H groups in total. The number of rotatable bonds is 3. The molecule has 2 saturated carbocycles. The fourth-order valence-electron chi connectivity index (χ4n) is 4.03. The van der Waals surface area contributed by atoms with Crippen LogP contribution >= 0.6 is 0 Å². The molecule has 0 radical (unpaired) electrons.